The van der Waals surface area contributed by atoms with Gasteiger partial charge in [-0.3, -0.25) is 24.0 Å². The molecule has 1 heterocycles. The van der Waals surface area contributed by atoms with Crippen LogP contribution in [0, 0.1) is 0 Å². The second-order valence-corrected chi connectivity index (χ2v) is 9.48. The SMILES string of the molecule is COC(=O)[C@@H](Cc1c[nH]c2ccccc12)NC(=O)C1(OC(C)=O)C[C@H](OC(C)=O)C(OC(C)=O)[C@H](OC(C)=O)C1. The standard InChI is InChI=1S/C27H32N2O11/c1-14(30)37-22-11-27(40-17(4)33,12-23(38-15(2)31)24(22)39-16(3)32)26(35)29-21(25(34)36-5)10-18-13-28-20-9-7-6-8-19(18)20/h6-9,13,21-24,28H,10-12H2,1-5H3,(H,29,35)/t21-,22-,23+,24?,27?/m1/s1. The highest BCUT2D eigenvalue weighted by Gasteiger charge is 2.57. The molecule has 1 aliphatic carbocycles. The summed E-state index contributed by atoms with van der Waals surface area (Å²) in [6.45, 7) is 4.38. The molecule has 0 radical (unpaired) electrons. The maximum Gasteiger partial charge on any atom is 0.328 e. The van der Waals surface area contributed by atoms with Crippen LogP contribution in [0.2, 0.25) is 0 Å². The number of para-hydroxylation sites is 1. The van der Waals surface area contributed by atoms with E-state index >= 15 is 0 Å². The van der Waals surface area contributed by atoms with Gasteiger partial charge in [0.1, 0.15) is 18.2 Å². The van der Waals surface area contributed by atoms with E-state index in [4.69, 9.17) is 23.7 Å². The first-order chi connectivity index (χ1) is 18.8. The van der Waals surface area contributed by atoms with Crippen molar-refractivity contribution in [3.8, 4) is 0 Å². The molecule has 0 aliphatic heterocycles. The fourth-order valence-electron chi connectivity index (χ4n) is 4.93. The molecule has 13 heteroatoms. The van der Waals surface area contributed by atoms with Crippen molar-refractivity contribution in [3.63, 3.8) is 0 Å². The van der Waals surface area contributed by atoms with Crippen LogP contribution in [0.3, 0.4) is 0 Å². The molecule has 2 N–H and O–H groups in total. The van der Waals surface area contributed by atoms with Gasteiger partial charge in [-0.25, -0.2) is 4.79 Å². The van der Waals surface area contributed by atoms with Gasteiger partial charge in [0.05, 0.1) is 7.11 Å². The molecule has 1 saturated carbocycles. The first-order valence-electron chi connectivity index (χ1n) is 12.5. The summed E-state index contributed by atoms with van der Waals surface area (Å²) in [5.41, 5.74) is -0.544. The molecule has 2 aromatic rings. The predicted molar refractivity (Wildman–Crippen MR) is 136 cm³/mol. The molecule has 0 saturated heterocycles. The van der Waals surface area contributed by atoms with E-state index in [9.17, 15) is 28.8 Å². The van der Waals surface area contributed by atoms with Crippen LogP contribution >= 0.6 is 0 Å². The van der Waals surface area contributed by atoms with Gasteiger partial charge in [-0.2, -0.15) is 0 Å². The van der Waals surface area contributed by atoms with E-state index in [2.05, 4.69) is 10.3 Å². The van der Waals surface area contributed by atoms with E-state index in [1.54, 1.807) is 6.20 Å². The fourth-order valence-corrected chi connectivity index (χ4v) is 4.93. The minimum atomic E-state index is -2.07. The monoisotopic (exact) mass is 560 g/mol. The number of nitrogens with one attached hydrogen (secondary N) is 2. The maximum atomic E-state index is 13.9. The number of methoxy groups -OCH3 is 1. The van der Waals surface area contributed by atoms with E-state index < -0.39 is 78.6 Å². The average Bonchev–Trinajstić information content (AvgIpc) is 3.26. The highest BCUT2D eigenvalue weighted by atomic mass is 16.6. The van der Waals surface area contributed by atoms with Gasteiger partial charge in [-0.1, -0.05) is 18.2 Å². The van der Waals surface area contributed by atoms with Crippen LogP contribution in [0.1, 0.15) is 46.1 Å². The lowest BCUT2D eigenvalue weighted by Crippen LogP contribution is -2.64. The van der Waals surface area contributed by atoms with Gasteiger partial charge in [0.2, 0.25) is 0 Å². The smallest absolute Gasteiger partial charge is 0.328 e. The third-order valence-electron chi connectivity index (χ3n) is 6.37. The molecule has 40 heavy (non-hydrogen) atoms. The lowest BCUT2D eigenvalue weighted by Gasteiger charge is -2.45. The van der Waals surface area contributed by atoms with E-state index in [-0.39, 0.29) is 6.42 Å². The van der Waals surface area contributed by atoms with Gasteiger partial charge in [0.25, 0.3) is 5.91 Å². The van der Waals surface area contributed by atoms with Gasteiger partial charge < -0.3 is 34.0 Å². The average molecular weight is 561 g/mol. The zero-order valence-corrected chi connectivity index (χ0v) is 22.8. The summed E-state index contributed by atoms with van der Waals surface area (Å²) in [6, 6.07) is 6.16. The summed E-state index contributed by atoms with van der Waals surface area (Å²) >= 11 is 0. The lowest BCUT2D eigenvalue weighted by molar-refractivity contribution is -0.215. The number of ether oxygens (including phenoxy) is 5. The summed E-state index contributed by atoms with van der Waals surface area (Å²) in [4.78, 5) is 77.6. The van der Waals surface area contributed by atoms with Crippen LogP contribution in [-0.4, -0.2) is 77.8 Å². The molecule has 1 aliphatic rings. The van der Waals surface area contributed by atoms with Gasteiger partial charge >= 0.3 is 29.8 Å². The van der Waals surface area contributed by atoms with Crippen LogP contribution in [0.4, 0.5) is 0 Å². The number of rotatable bonds is 9. The second kappa shape index (κ2) is 12.6. The Morgan fingerprint density at radius 2 is 1.48 bits per heavy atom. The minimum absolute atomic E-state index is 0.0232. The summed E-state index contributed by atoms with van der Waals surface area (Å²) in [7, 11) is 1.16. The normalized spacial score (nSPS) is 22.9. The molecule has 1 aromatic heterocycles. The van der Waals surface area contributed by atoms with Crippen molar-refractivity contribution < 1.29 is 52.5 Å². The van der Waals surface area contributed by atoms with E-state index in [1.807, 2.05) is 24.3 Å². The highest BCUT2D eigenvalue weighted by Crippen LogP contribution is 2.38. The number of aromatic nitrogens is 1. The number of aromatic amines is 1. The maximum absolute atomic E-state index is 13.9. The molecule has 1 fully saturated rings. The first-order valence-corrected chi connectivity index (χ1v) is 12.5. The van der Waals surface area contributed by atoms with Crippen molar-refractivity contribution in [2.75, 3.05) is 7.11 Å². The Balaban J connectivity index is 2.00. The van der Waals surface area contributed by atoms with Crippen LogP contribution in [0.15, 0.2) is 30.5 Å². The Kier molecular flexibility index (Phi) is 9.51. The number of carbonyl (C=O) groups excluding carboxylic acids is 6. The summed E-state index contributed by atoms with van der Waals surface area (Å²) in [6.07, 6.45) is -3.14. The number of amides is 1. The third-order valence-corrected chi connectivity index (χ3v) is 6.37. The molecule has 216 valence electrons. The summed E-state index contributed by atoms with van der Waals surface area (Å²) < 4.78 is 26.4. The Labute approximate surface area is 229 Å². The molecular weight excluding hydrogens is 528 g/mol. The predicted octanol–water partition coefficient (Wildman–Crippen LogP) is 1.26. The van der Waals surface area contributed by atoms with Crippen LogP contribution in [-0.2, 0) is 58.9 Å². The zero-order chi connectivity index (χ0) is 29.6. The lowest BCUT2D eigenvalue weighted by atomic mass is 9.78. The van der Waals surface area contributed by atoms with Gasteiger partial charge in [-0.15, -0.1) is 0 Å². The molecule has 1 aromatic carbocycles. The van der Waals surface area contributed by atoms with Gasteiger partial charge in [0, 0.05) is 64.1 Å². The highest BCUT2D eigenvalue weighted by molar-refractivity contribution is 5.92. The third kappa shape index (κ3) is 7.16. The number of fused-ring (bicyclic) bond motifs is 1. The van der Waals surface area contributed by atoms with Crippen molar-refractivity contribution in [1.82, 2.24) is 10.3 Å². The van der Waals surface area contributed by atoms with E-state index in [1.165, 1.54) is 0 Å². The minimum Gasteiger partial charge on any atom is -0.467 e. The second-order valence-electron chi connectivity index (χ2n) is 9.48. The van der Waals surface area contributed by atoms with Crippen LogP contribution in [0.25, 0.3) is 10.9 Å². The van der Waals surface area contributed by atoms with Crippen LogP contribution in [0.5, 0.6) is 0 Å². The number of carbonyl (C=O) groups is 6. The molecular formula is C27H32N2O11. The number of hydrogen-bond acceptors (Lipinski definition) is 11. The summed E-state index contributed by atoms with van der Waals surface area (Å²) in [5.74, 6) is -4.88. The number of benzene rings is 1. The quantitative estimate of drug-likeness (QED) is 0.333. The summed E-state index contributed by atoms with van der Waals surface area (Å²) in [5, 5.41) is 3.42. The Hall–Kier alpha value is -4.42. The molecule has 5 atom stereocenters. The number of esters is 5. The Morgan fingerprint density at radius 3 is 2.00 bits per heavy atom. The van der Waals surface area contributed by atoms with E-state index in [0.717, 1.165) is 45.7 Å². The Bertz CT molecular complexity index is 1270. The molecule has 3 rings (SSSR count). The number of H-pyrrole nitrogens is 1. The van der Waals surface area contributed by atoms with Crippen molar-refractivity contribution >= 4 is 46.7 Å². The zero-order valence-electron chi connectivity index (χ0n) is 22.8. The molecule has 2 unspecified atom stereocenters. The first kappa shape index (κ1) is 30.1. The van der Waals surface area contributed by atoms with Gasteiger partial charge in [-0.05, 0) is 11.6 Å². The molecule has 1 amide bonds. The van der Waals surface area contributed by atoms with Gasteiger partial charge in [0.15, 0.2) is 11.7 Å². The Morgan fingerprint density at radius 1 is 0.900 bits per heavy atom. The molecule has 0 bridgehead atoms. The van der Waals surface area contributed by atoms with Crippen molar-refractivity contribution in [2.24, 2.45) is 0 Å². The van der Waals surface area contributed by atoms with Crippen LogP contribution < -0.4 is 5.32 Å². The number of hydrogen-bond donors (Lipinski definition) is 2. The molecule has 0 spiro atoms. The topological polar surface area (TPSA) is 176 Å². The fraction of sp³-hybridized carbons (Fsp3) is 0.481. The largest absolute Gasteiger partial charge is 0.467 e. The van der Waals surface area contributed by atoms with Crippen molar-refractivity contribution in [1.29, 1.82) is 0 Å². The van der Waals surface area contributed by atoms with Crippen molar-refractivity contribution in [2.45, 2.75) is 76.9 Å². The molecule has 13 nitrogen and oxygen atoms in total. The van der Waals surface area contributed by atoms with E-state index in [0.29, 0.717) is 5.56 Å². The van der Waals surface area contributed by atoms with Crippen molar-refractivity contribution in [3.05, 3.63) is 36.0 Å².